The number of benzene rings is 2. The van der Waals surface area contributed by atoms with Crippen LogP contribution in [0, 0.1) is 5.92 Å². The number of thiocarbonyl (C=S) groups is 1. The van der Waals surface area contributed by atoms with E-state index in [0.717, 1.165) is 23.7 Å². The lowest BCUT2D eigenvalue weighted by molar-refractivity contribution is 0.332. The molecule has 2 aromatic carbocycles. The number of aromatic nitrogens is 2. The molecular formula is C22H24N4O2S. The van der Waals surface area contributed by atoms with Crippen molar-refractivity contribution < 1.29 is 5.11 Å². The molecule has 7 heteroatoms. The van der Waals surface area contributed by atoms with Gasteiger partial charge in [0.15, 0.2) is 5.11 Å². The second-order valence-electron chi connectivity index (χ2n) is 8.33. The molecule has 0 spiro atoms. The predicted octanol–water partition coefficient (Wildman–Crippen LogP) is 3.33. The Morgan fingerprint density at radius 1 is 1.24 bits per heavy atom. The summed E-state index contributed by atoms with van der Waals surface area (Å²) in [6, 6.07) is 13.7. The van der Waals surface area contributed by atoms with E-state index in [1.165, 1.54) is 4.57 Å². The van der Waals surface area contributed by atoms with Crippen molar-refractivity contribution >= 4 is 28.1 Å². The third-order valence-electron chi connectivity index (χ3n) is 5.99. The van der Waals surface area contributed by atoms with E-state index in [9.17, 15) is 9.90 Å². The summed E-state index contributed by atoms with van der Waals surface area (Å²) in [6.07, 6.45) is 0.804. The maximum Gasteiger partial charge on any atom is 0.336 e. The fourth-order valence-corrected chi connectivity index (χ4v) is 4.97. The number of hydrogen-bond acceptors (Lipinski definition) is 3. The molecule has 0 aliphatic carbocycles. The Hall–Kier alpha value is -2.80. The summed E-state index contributed by atoms with van der Waals surface area (Å²) in [7, 11) is 0. The first-order chi connectivity index (χ1) is 14.0. The van der Waals surface area contributed by atoms with Crippen LogP contribution in [-0.4, -0.2) is 37.3 Å². The van der Waals surface area contributed by atoms with Crippen LogP contribution in [0.15, 0.2) is 47.3 Å². The molecule has 150 valence electrons. The van der Waals surface area contributed by atoms with Gasteiger partial charge < -0.3 is 15.3 Å². The van der Waals surface area contributed by atoms with Gasteiger partial charge in [0.1, 0.15) is 5.69 Å². The monoisotopic (exact) mass is 408 g/mol. The van der Waals surface area contributed by atoms with Crippen LogP contribution in [0.1, 0.15) is 38.0 Å². The van der Waals surface area contributed by atoms with Gasteiger partial charge in [-0.1, -0.05) is 50.2 Å². The number of rotatable bonds is 3. The Bertz CT molecular complexity index is 1170. The quantitative estimate of drug-likeness (QED) is 0.651. The van der Waals surface area contributed by atoms with Crippen LogP contribution in [-0.2, 0) is 0 Å². The normalized spacial score (nSPS) is 19.9. The second-order valence-corrected chi connectivity index (χ2v) is 8.72. The maximum atomic E-state index is 13.3. The van der Waals surface area contributed by atoms with Crippen molar-refractivity contribution in [3.63, 3.8) is 0 Å². The van der Waals surface area contributed by atoms with Gasteiger partial charge in [-0.3, -0.25) is 4.57 Å². The maximum absolute atomic E-state index is 13.3. The highest BCUT2D eigenvalue weighted by molar-refractivity contribution is 7.80. The molecular weight excluding hydrogens is 384 g/mol. The molecule has 2 aliphatic rings. The van der Waals surface area contributed by atoms with E-state index in [4.69, 9.17) is 12.2 Å². The van der Waals surface area contributed by atoms with Crippen LogP contribution in [0.4, 0.5) is 0 Å². The Balaban J connectivity index is 1.58. The topological polar surface area (TPSA) is 62.4 Å². The summed E-state index contributed by atoms with van der Waals surface area (Å²) < 4.78 is 3.22. The van der Waals surface area contributed by atoms with Gasteiger partial charge in [0, 0.05) is 18.5 Å². The summed E-state index contributed by atoms with van der Waals surface area (Å²) >= 11 is 5.60. The van der Waals surface area contributed by atoms with Crippen molar-refractivity contribution in [3.8, 4) is 11.6 Å². The van der Waals surface area contributed by atoms with Crippen molar-refractivity contribution in [3.05, 3.63) is 58.6 Å². The highest BCUT2D eigenvalue weighted by atomic mass is 32.1. The van der Waals surface area contributed by atoms with Crippen LogP contribution in [0.5, 0.6) is 5.88 Å². The van der Waals surface area contributed by atoms with Crippen LogP contribution in [0.25, 0.3) is 16.5 Å². The lowest BCUT2D eigenvalue weighted by Gasteiger charge is -2.30. The summed E-state index contributed by atoms with van der Waals surface area (Å²) in [5.74, 6) is 0.516. The van der Waals surface area contributed by atoms with Crippen molar-refractivity contribution in [2.24, 2.45) is 5.92 Å². The SMILES string of the molecule is CC(C)CNC(=S)N1CC2CC1c1c(O)n(-c3cccc4ccccc34)c(=O)n12. The van der Waals surface area contributed by atoms with Crippen LogP contribution >= 0.6 is 12.2 Å². The van der Waals surface area contributed by atoms with E-state index in [1.54, 1.807) is 4.57 Å². The molecule has 3 aromatic rings. The zero-order chi connectivity index (χ0) is 20.3. The molecule has 2 bridgehead atoms. The number of nitrogens with zero attached hydrogens (tertiary/aromatic N) is 3. The molecule has 6 nitrogen and oxygen atoms in total. The molecule has 29 heavy (non-hydrogen) atoms. The largest absolute Gasteiger partial charge is 0.493 e. The van der Waals surface area contributed by atoms with Crippen molar-refractivity contribution in [1.82, 2.24) is 19.4 Å². The number of hydrogen-bond donors (Lipinski definition) is 2. The van der Waals surface area contributed by atoms with E-state index < -0.39 is 0 Å². The van der Waals surface area contributed by atoms with E-state index in [-0.39, 0.29) is 23.7 Å². The molecule has 0 saturated carbocycles. The zero-order valence-corrected chi connectivity index (χ0v) is 17.3. The first-order valence-corrected chi connectivity index (χ1v) is 10.5. The summed E-state index contributed by atoms with van der Waals surface area (Å²) in [5.41, 5.74) is 1.20. The highest BCUT2D eigenvalue weighted by Gasteiger charge is 2.48. The number of aromatic hydroxyl groups is 1. The number of imidazole rings is 1. The lowest BCUT2D eigenvalue weighted by Crippen LogP contribution is -2.44. The van der Waals surface area contributed by atoms with Gasteiger partial charge in [0.2, 0.25) is 5.88 Å². The van der Waals surface area contributed by atoms with E-state index >= 15 is 0 Å². The number of fused-ring (bicyclic) bond motifs is 6. The Morgan fingerprint density at radius 2 is 2.00 bits per heavy atom. The molecule has 2 N–H and O–H groups in total. The van der Waals surface area contributed by atoms with Gasteiger partial charge in [-0.25, -0.2) is 9.36 Å². The first-order valence-electron chi connectivity index (χ1n) is 10.1. The first kappa shape index (κ1) is 18.2. The van der Waals surface area contributed by atoms with Crippen molar-refractivity contribution in [2.75, 3.05) is 13.1 Å². The smallest absolute Gasteiger partial charge is 0.336 e. The van der Waals surface area contributed by atoms with Crippen LogP contribution < -0.4 is 11.0 Å². The number of likely N-dealkylation sites (tertiary alicyclic amines) is 1. The van der Waals surface area contributed by atoms with Gasteiger partial charge in [-0.2, -0.15) is 0 Å². The molecule has 1 aromatic heterocycles. The van der Waals surface area contributed by atoms with Crippen LogP contribution in [0.3, 0.4) is 0 Å². The van der Waals surface area contributed by atoms with Gasteiger partial charge in [0.05, 0.1) is 17.8 Å². The Morgan fingerprint density at radius 3 is 2.79 bits per heavy atom. The fourth-order valence-electron chi connectivity index (χ4n) is 4.68. The average molecular weight is 409 g/mol. The van der Waals surface area contributed by atoms with Crippen molar-refractivity contribution in [1.29, 1.82) is 0 Å². The number of nitrogens with one attached hydrogen (secondary N) is 1. The van der Waals surface area contributed by atoms with E-state index in [0.29, 0.717) is 29.0 Å². The Kier molecular flexibility index (Phi) is 4.17. The Labute approximate surface area is 174 Å². The minimum Gasteiger partial charge on any atom is -0.493 e. The molecule has 2 unspecified atom stereocenters. The third kappa shape index (κ3) is 2.68. The minimum atomic E-state index is -0.179. The molecule has 0 radical (unpaired) electrons. The molecule has 0 amide bonds. The standard InChI is InChI=1S/C22H24N4O2S/c1-13(2)11-23-21(29)24-12-15-10-18(24)19-20(27)26(22(28)25(15)19)17-9-5-7-14-6-3-4-8-16(14)17/h3-9,13,15,18,27H,10-12H2,1-2H3,(H,23,29). The molecule has 1 saturated heterocycles. The van der Waals surface area contributed by atoms with E-state index in [2.05, 4.69) is 24.1 Å². The van der Waals surface area contributed by atoms with Gasteiger partial charge >= 0.3 is 5.69 Å². The minimum absolute atomic E-state index is 0.0233. The third-order valence-corrected chi connectivity index (χ3v) is 6.37. The summed E-state index contributed by atoms with van der Waals surface area (Å²) in [6.45, 7) is 5.78. The van der Waals surface area contributed by atoms with Gasteiger partial charge in [-0.05, 0) is 36.0 Å². The summed E-state index contributed by atoms with van der Waals surface area (Å²) in [4.78, 5) is 15.4. The molecule has 2 atom stereocenters. The predicted molar refractivity (Wildman–Crippen MR) is 118 cm³/mol. The lowest BCUT2D eigenvalue weighted by atomic mass is 10.1. The molecule has 1 fully saturated rings. The van der Waals surface area contributed by atoms with Gasteiger partial charge in [0.25, 0.3) is 0 Å². The molecule has 3 heterocycles. The highest BCUT2D eigenvalue weighted by Crippen LogP contribution is 2.48. The van der Waals surface area contributed by atoms with Crippen molar-refractivity contribution in [2.45, 2.75) is 32.4 Å². The molecule has 5 rings (SSSR count). The molecule has 2 aliphatic heterocycles. The van der Waals surface area contributed by atoms with Gasteiger partial charge in [-0.15, -0.1) is 0 Å². The van der Waals surface area contributed by atoms with E-state index in [1.807, 2.05) is 42.5 Å². The van der Waals surface area contributed by atoms with Crippen LogP contribution in [0.2, 0.25) is 0 Å². The zero-order valence-electron chi connectivity index (χ0n) is 16.5. The fraction of sp³-hybridized carbons (Fsp3) is 0.364. The average Bonchev–Trinajstić information content (AvgIpc) is 3.37. The summed E-state index contributed by atoms with van der Waals surface area (Å²) in [5, 5.41) is 17.1. The second kappa shape index (κ2) is 6.62.